The number of hydrogen-bond acceptors (Lipinski definition) is 3. The van der Waals surface area contributed by atoms with Gasteiger partial charge in [0.1, 0.15) is 11.5 Å². The van der Waals surface area contributed by atoms with Crippen LogP contribution in [0.15, 0.2) is 65.1 Å². The summed E-state index contributed by atoms with van der Waals surface area (Å²) in [7, 11) is 0. The fourth-order valence-electron chi connectivity index (χ4n) is 4.33. The van der Waals surface area contributed by atoms with Gasteiger partial charge in [-0.25, -0.2) is 0 Å². The molecule has 5 nitrogen and oxygen atoms in total. The number of nitrogens with zero attached hydrogens (tertiary/aromatic N) is 3. The van der Waals surface area contributed by atoms with Crippen LogP contribution in [0.2, 0.25) is 10.0 Å². The Labute approximate surface area is 196 Å². The van der Waals surface area contributed by atoms with Gasteiger partial charge in [0, 0.05) is 60.6 Å². The van der Waals surface area contributed by atoms with E-state index in [0.717, 1.165) is 46.2 Å². The lowest BCUT2D eigenvalue weighted by Crippen LogP contribution is -2.49. The summed E-state index contributed by atoms with van der Waals surface area (Å²) < 4.78 is 7.87. The van der Waals surface area contributed by atoms with Crippen LogP contribution in [0.1, 0.15) is 21.8 Å². The van der Waals surface area contributed by atoms with Crippen LogP contribution < -0.4 is 4.90 Å². The largest absolute Gasteiger partial charge is 0.460 e. The van der Waals surface area contributed by atoms with E-state index >= 15 is 0 Å². The van der Waals surface area contributed by atoms with Crippen molar-refractivity contribution in [2.75, 3.05) is 31.1 Å². The second kappa shape index (κ2) is 8.57. The number of carbonyl (C=O) groups is 1. The molecular weight excluding hydrogens is 445 g/mol. The van der Waals surface area contributed by atoms with Crippen molar-refractivity contribution in [1.29, 1.82) is 0 Å². The highest BCUT2D eigenvalue weighted by Gasteiger charge is 2.26. The van der Waals surface area contributed by atoms with Crippen molar-refractivity contribution in [1.82, 2.24) is 9.47 Å². The van der Waals surface area contributed by atoms with Gasteiger partial charge in [0.25, 0.3) is 5.91 Å². The second-order valence-electron chi connectivity index (χ2n) is 8.11. The molecular formula is C25H23Cl2N3O2. The fourth-order valence-corrected chi connectivity index (χ4v) is 4.73. The maximum absolute atomic E-state index is 13.5. The van der Waals surface area contributed by atoms with Crippen molar-refractivity contribution in [3.63, 3.8) is 0 Å². The Kier molecular flexibility index (Phi) is 5.62. The first-order valence-electron chi connectivity index (χ1n) is 10.6. The van der Waals surface area contributed by atoms with E-state index in [1.54, 1.807) is 0 Å². The Hall–Kier alpha value is -2.89. The Morgan fingerprint density at radius 1 is 0.938 bits per heavy atom. The SMILES string of the molecule is Cc1cc2c(cc(C(=O)N3CCN(c4cccc(Cl)c4)CC3)n2Cc2cccc(Cl)c2)o1. The van der Waals surface area contributed by atoms with Gasteiger partial charge in [0.15, 0.2) is 5.58 Å². The van der Waals surface area contributed by atoms with Crippen LogP contribution >= 0.6 is 23.2 Å². The van der Waals surface area contributed by atoms with E-state index in [0.29, 0.717) is 30.4 Å². The molecule has 5 rings (SSSR count). The summed E-state index contributed by atoms with van der Waals surface area (Å²) in [6, 6.07) is 19.4. The lowest BCUT2D eigenvalue weighted by Gasteiger charge is -2.36. The first kappa shape index (κ1) is 21.0. The molecule has 1 fully saturated rings. The van der Waals surface area contributed by atoms with Gasteiger partial charge in [-0.05, 0) is 42.8 Å². The Balaban J connectivity index is 1.39. The first-order chi connectivity index (χ1) is 15.5. The molecule has 1 aliphatic rings. The minimum atomic E-state index is 0.0156. The number of rotatable bonds is 4. The van der Waals surface area contributed by atoms with Crippen LogP contribution in [-0.2, 0) is 6.54 Å². The average Bonchev–Trinajstić information content (AvgIpc) is 3.30. The predicted molar refractivity (Wildman–Crippen MR) is 129 cm³/mol. The molecule has 0 N–H and O–H groups in total. The quantitative estimate of drug-likeness (QED) is 0.377. The Morgan fingerprint density at radius 2 is 1.66 bits per heavy atom. The maximum atomic E-state index is 13.5. The number of halogens is 2. The van der Waals surface area contributed by atoms with Crippen LogP contribution in [0.4, 0.5) is 5.69 Å². The van der Waals surface area contributed by atoms with Crippen LogP contribution in [0.3, 0.4) is 0 Å². The highest BCUT2D eigenvalue weighted by Crippen LogP contribution is 2.27. The fraction of sp³-hybridized carbons (Fsp3) is 0.240. The average molecular weight is 468 g/mol. The number of hydrogen-bond donors (Lipinski definition) is 0. The molecule has 1 saturated heterocycles. The first-order valence-corrected chi connectivity index (χ1v) is 11.4. The smallest absolute Gasteiger partial charge is 0.270 e. The van der Waals surface area contributed by atoms with Crippen molar-refractivity contribution in [3.8, 4) is 0 Å². The third-order valence-corrected chi connectivity index (χ3v) is 6.37. The minimum Gasteiger partial charge on any atom is -0.460 e. The van der Waals surface area contributed by atoms with Gasteiger partial charge in [-0.1, -0.05) is 41.4 Å². The zero-order valence-electron chi connectivity index (χ0n) is 17.7. The maximum Gasteiger partial charge on any atom is 0.270 e. The summed E-state index contributed by atoms with van der Waals surface area (Å²) in [4.78, 5) is 17.7. The number of carbonyl (C=O) groups excluding carboxylic acids is 1. The van der Waals surface area contributed by atoms with Crippen LogP contribution in [0.5, 0.6) is 0 Å². The van der Waals surface area contributed by atoms with E-state index in [1.807, 2.05) is 71.0 Å². The molecule has 0 spiro atoms. The van der Waals surface area contributed by atoms with E-state index in [-0.39, 0.29) is 5.91 Å². The van der Waals surface area contributed by atoms with E-state index in [1.165, 1.54) is 0 Å². The van der Waals surface area contributed by atoms with E-state index in [4.69, 9.17) is 27.6 Å². The number of aromatic nitrogens is 1. The van der Waals surface area contributed by atoms with Crippen LogP contribution in [0.25, 0.3) is 11.1 Å². The van der Waals surface area contributed by atoms with Gasteiger partial charge in [-0.3, -0.25) is 4.79 Å². The van der Waals surface area contributed by atoms with E-state index < -0.39 is 0 Å². The van der Waals surface area contributed by atoms with Crippen molar-refractivity contribution in [2.24, 2.45) is 0 Å². The Morgan fingerprint density at radius 3 is 2.38 bits per heavy atom. The van der Waals surface area contributed by atoms with Crippen molar-refractivity contribution >= 4 is 45.9 Å². The molecule has 7 heteroatoms. The summed E-state index contributed by atoms with van der Waals surface area (Å²) in [5.41, 5.74) is 4.40. The van der Waals surface area contributed by atoms with Gasteiger partial charge in [0.2, 0.25) is 0 Å². The van der Waals surface area contributed by atoms with Gasteiger partial charge in [0.05, 0.1) is 5.52 Å². The number of anilines is 1. The molecule has 2 aromatic heterocycles. The number of benzene rings is 2. The van der Waals surface area contributed by atoms with E-state index in [9.17, 15) is 4.79 Å². The lowest BCUT2D eigenvalue weighted by molar-refractivity contribution is 0.0737. The predicted octanol–water partition coefficient (Wildman–Crippen LogP) is 5.86. The summed E-state index contributed by atoms with van der Waals surface area (Å²) in [5.74, 6) is 0.839. The molecule has 0 saturated carbocycles. The number of aryl methyl sites for hydroxylation is 1. The summed E-state index contributed by atoms with van der Waals surface area (Å²) >= 11 is 12.3. The standard InChI is InChI=1S/C25H23Cl2N3O2/c1-17-12-22-24(32-17)15-23(30(22)16-18-4-2-5-19(26)13-18)25(31)29-10-8-28(9-11-29)21-7-3-6-20(27)14-21/h2-7,12-15H,8-11,16H2,1H3. The number of amides is 1. The summed E-state index contributed by atoms with van der Waals surface area (Å²) in [6.45, 7) is 5.28. The molecule has 0 atom stereocenters. The van der Waals surface area contributed by atoms with Crippen molar-refractivity contribution in [3.05, 3.63) is 87.7 Å². The zero-order valence-corrected chi connectivity index (χ0v) is 19.2. The molecule has 0 radical (unpaired) electrons. The molecule has 1 aliphatic heterocycles. The topological polar surface area (TPSA) is 41.6 Å². The van der Waals surface area contributed by atoms with Crippen molar-refractivity contribution < 1.29 is 9.21 Å². The number of furan rings is 1. The van der Waals surface area contributed by atoms with E-state index in [2.05, 4.69) is 11.0 Å². The molecule has 2 aromatic carbocycles. The van der Waals surface area contributed by atoms with Crippen LogP contribution in [-0.4, -0.2) is 41.6 Å². The summed E-state index contributed by atoms with van der Waals surface area (Å²) in [6.07, 6.45) is 0. The van der Waals surface area contributed by atoms with Gasteiger partial charge in [-0.2, -0.15) is 0 Å². The molecule has 0 aliphatic carbocycles. The number of piperazine rings is 1. The third-order valence-electron chi connectivity index (χ3n) is 5.90. The Bertz CT molecular complexity index is 1290. The molecule has 4 aromatic rings. The normalized spacial score (nSPS) is 14.3. The lowest BCUT2D eigenvalue weighted by atomic mass is 10.2. The molecule has 0 unspecified atom stereocenters. The molecule has 1 amide bonds. The molecule has 3 heterocycles. The molecule has 164 valence electrons. The minimum absolute atomic E-state index is 0.0156. The third kappa shape index (κ3) is 4.10. The van der Waals surface area contributed by atoms with Gasteiger partial charge >= 0.3 is 0 Å². The molecule has 0 bridgehead atoms. The van der Waals surface area contributed by atoms with Gasteiger partial charge in [-0.15, -0.1) is 0 Å². The highest BCUT2D eigenvalue weighted by molar-refractivity contribution is 6.31. The second-order valence-corrected chi connectivity index (χ2v) is 8.98. The highest BCUT2D eigenvalue weighted by atomic mass is 35.5. The van der Waals surface area contributed by atoms with Gasteiger partial charge < -0.3 is 18.8 Å². The van der Waals surface area contributed by atoms with Crippen molar-refractivity contribution in [2.45, 2.75) is 13.5 Å². The summed E-state index contributed by atoms with van der Waals surface area (Å²) in [5, 5.41) is 1.40. The number of fused-ring (bicyclic) bond motifs is 1. The monoisotopic (exact) mass is 467 g/mol. The van der Waals surface area contributed by atoms with Crippen LogP contribution in [0, 0.1) is 6.92 Å². The zero-order chi connectivity index (χ0) is 22.2. The molecule has 32 heavy (non-hydrogen) atoms.